The van der Waals surface area contributed by atoms with E-state index < -0.39 is 0 Å². The first kappa shape index (κ1) is 12.3. The molecule has 0 radical (unpaired) electrons. The van der Waals surface area contributed by atoms with Gasteiger partial charge >= 0.3 is 0 Å². The second kappa shape index (κ2) is 5.98. The predicted molar refractivity (Wildman–Crippen MR) is 66.6 cm³/mol. The molecule has 16 heavy (non-hydrogen) atoms. The molecule has 0 spiro atoms. The van der Waals surface area contributed by atoms with Gasteiger partial charge in [-0.2, -0.15) is 0 Å². The largest absolute Gasteiger partial charge is 0.339 e. The van der Waals surface area contributed by atoms with E-state index in [1.165, 1.54) is 0 Å². The zero-order valence-corrected chi connectivity index (χ0v) is 11.1. The molecule has 1 atom stereocenters. The van der Waals surface area contributed by atoms with Gasteiger partial charge in [0.25, 0.3) is 0 Å². The fourth-order valence-corrected chi connectivity index (χ4v) is 2.28. The molecule has 0 amide bonds. The van der Waals surface area contributed by atoms with Crippen molar-refractivity contribution < 1.29 is 9.47 Å². The van der Waals surface area contributed by atoms with Gasteiger partial charge in [0, 0.05) is 16.0 Å². The van der Waals surface area contributed by atoms with Crippen LogP contribution < -0.4 is 5.32 Å². The monoisotopic (exact) mass is 305 g/mol. The molecular formula is C11H13BrClNO2. The Labute approximate surface area is 108 Å². The summed E-state index contributed by atoms with van der Waals surface area (Å²) in [6.45, 7) is 2.16. The number of hydrogen-bond acceptors (Lipinski definition) is 3. The van der Waals surface area contributed by atoms with E-state index in [9.17, 15) is 0 Å². The van der Waals surface area contributed by atoms with Crippen LogP contribution in [0.1, 0.15) is 5.56 Å². The first-order valence-electron chi connectivity index (χ1n) is 5.16. The number of rotatable bonds is 4. The van der Waals surface area contributed by atoms with Crippen molar-refractivity contribution in [3.8, 4) is 0 Å². The van der Waals surface area contributed by atoms with E-state index >= 15 is 0 Å². The molecule has 88 valence electrons. The summed E-state index contributed by atoms with van der Waals surface area (Å²) in [4.78, 5) is 0. The second-order valence-electron chi connectivity index (χ2n) is 3.51. The molecule has 1 saturated heterocycles. The maximum absolute atomic E-state index is 6.09. The number of hydrogen-bond donors (Lipinski definition) is 1. The normalized spacial score (nSPS) is 20.2. The van der Waals surface area contributed by atoms with Crippen LogP contribution in [-0.2, 0) is 15.9 Å². The quantitative estimate of drug-likeness (QED) is 0.927. The van der Waals surface area contributed by atoms with Crippen molar-refractivity contribution in [1.82, 2.24) is 5.32 Å². The standard InChI is InChI=1S/C11H13BrClNO2/c12-9-2-1-8(10(13)7-9)3-5-15-11-14-4-6-16-11/h1-2,7,11,14H,3-6H2. The molecule has 1 aliphatic heterocycles. The topological polar surface area (TPSA) is 30.5 Å². The maximum Gasteiger partial charge on any atom is 0.216 e. The summed E-state index contributed by atoms with van der Waals surface area (Å²) in [5, 5.41) is 3.84. The van der Waals surface area contributed by atoms with Gasteiger partial charge in [0.1, 0.15) is 0 Å². The molecule has 1 aromatic carbocycles. The van der Waals surface area contributed by atoms with Crippen LogP contribution in [0.5, 0.6) is 0 Å². The molecule has 1 aliphatic rings. The van der Waals surface area contributed by atoms with Crippen molar-refractivity contribution in [2.75, 3.05) is 19.8 Å². The first-order chi connectivity index (χ1) is 7.75. The van der Waals surface area contributed by atoms with Crippen molar-refractivity contribution in [2.45, 2.75) is 12.8 Å². The van der Waals surface area contributed by atoms with E-state index in [1.807, 2.05) is 18.2 Å². The third kappa shape index (κ3) is 3.43. The molecule has 1 N–H and O–H groups in total. The molecule has 0 aliphatic carbocycles. The van der Waals surface area contributed by atoms with Gasteiger partial charge in [-0.15, -0.1) is 0 Å². The Morgan fingerprint density at radius 2 is 2.44 bits per heavy atom. The number of nitrogens with one attached hydrogen (secondary N) is 1. The lowest BCUT2D eigenvalue weighted by Crippen LogP contribution is -2.26. The van der Waals surface area contributed by atoms with Crippen LogP contribution in [-0.4, -0.2) is 26.2 Å². The summed E-state index contributed by atoms with van der Waals surface area (Å²) < 4.78 is 11.7. The highest BCUT2D eigenvalue weighted by Gasteiger charge is 2.14. The Hall–Kier alpha value is -0.130. The van der Waals surface area contributed by atoms with Crippen molar-refractivity contribution in [3.05, 3.63) is 33.3 Å². The first-order valence-corrected chi connectivity index (χ1v) is 6.33. The molecule has 1 aromatic rings. The van der Waals surface area contributed by atoms with Gasteiger partial charge in [-0.3, -0.25) is 5.32 Å². The van der Waals surface area contributed by atoms with Gasteiger partial charge in [-0.1, -0.05) is 33.6 Å². The Morgan fingerprint density at radius 1 is 1.56 bits per heavy atom. The highest BCUT2D eigenvalue weighted by molar-refractivity contribution is 9.10. The summed E-state index contributed by atoms with van der Waals surface area (Å²) >= 11 is 9.47. The third-order valence-electron chi connectivity index (χ3n) is 2.34. The van der Waals surface area contributed by atoms with Gasteiger partial charge in [-0.25, -0.2) is 0 Å². The lowest BCUT2D eigenvalue weighted by atomic mass is 10.2. The molecule has 1 heterocycles. The van der Waals surface area contributed by atoms with Gasteiger partial charge in [0.2, 0.25) is 6.41 Å². The lowest BCUT2D eigenvalue weighted by molar-refractivity contribution is -0.121. The highest BCUT2D eigenvalue weighted by Crippen LogP contribution is 2.21. The Morgan fingerprint density at radius 3 is 3.12 bits per heavy atom. The Bertz CT molecular complexity index is 356. The number of benzene rings is 1. The zero-order chi connectivity index (χ0) is 11.4. The van der Waals surface area contributed by atoms with Crippen LogP contribution in [0, 0.1) is 0 Å². The fourth-order valence-electron chi connectivity index (χ4n) is 1.51. The summed E-state index contributed by atoms with van der Waals surface area (Å²) in [5.74, 6) is 0. The van der Waals surface area contributed by atoms with Crippen LogP contribution in [0.25, 0.3) is 0 Å². The SMILES string of the molecule is Clc1cc(Br)ccc1CCOC1NCCO1. The van der Waals surface area contributed by atoms with E-state index in [2.05, 4.69) is 21.2 Å². The zero-order valence-electron chi connectivity index (χ0n) is 8.71. The summed E-state index contributed by atoms with van der Waals surface area (Å²) in [6, 6.07) is 5.87. The lowest BCUT2D eigenvalue weighted by Gasteiger charge is -2.11. The van der Waals surface area contributed by atoms with Crippen molar-refractivity contribution in [1.29, 1.82) is 0 Å². The van der Waals surface area contributed by atoms with Gasteiger partial charge in [-0.05, 0) is 24.1 Å². The smallest absolute Gasteiger partial charge is 0.216 e. The molecule has 3 nitrogen and oxygen atoms in total. The Kier molecular flexibility index (Phi) is 4.61. The third-order valence-corrected chi connectivity index (χ3v) is 3.18. The summed E-state index contributed by atoms with van der Waals surface area (Å²) in [6.07, 6.45) is 0.530. The fraction of sp³-hybridized carbons (Fsp3) is 0.455. The van der Waals surface area contributed by atoms with Gasteiger partial charge in [0.15, 0.2) is 0 Å². The number of ether oxygens (including phenoxy) is 2. The summed E-state index contributed by atoms with van der Waals surface area (Å²) in [5.41, 5.74) is 1.09. The van der Waals surface area contributed by atoms with Gasteiger partial charge < -0.3 is 9.47 Å². The summed E-state index contributed by atoms with van der Waals surface area (Å²) in [7, 11) is 0. The van der Waals surface area contributed by atoms with E-state index in [0.29, 0.717) is 13.2 Å². The van der Waals surface area contributed by atoms with E-state index in [0.717, 1.165) is 28.0 Å². The maximum atomic E-state index is 6.09. The molecule has 2 rings (SSSR count). The predicted octanol–water partition coefficient (Wildman–Crippen LogP) is 2.57. The minimum Gasteiger partial charge on any atom is -0.339 e. The highest BCUT2D eigenvalue weighted by atomic mass is 79.9. The average molecular weight is 307 g/mol. The minimum atomic E-state index is -0.255. The van der Waals surface area contributed by atoms with Gasteiger partial charge in [0.05, 0.1) is 13.2 Å². The Balaban J connectivity index is 1.80. The molecule has 1 unspecified atom stereocenters. The van der Waals surface area contributed by atoms with Crippen LogP contribution in [0.15, 0.2) is 22.7 Å². The molecule has 0 saturated carbocycles. The molecule has 5 heteroatoms. The van der Waals surface area contributed by atoms with E-state index in [4.69, 9.17) is 21.1 Å². The second-order valence-corrected chi connectivity index (χ2v) is 4.84. The van der Waals surface area contributed by atoms with E-state index in [-0.39, 0.29) is 6.41 Å². The van der Waals surface area contributed by atoms with Crippen LogP contribution in [0.3, 0.4) is 0 Å². The van der Waals surface area contributed by atoms with Crippen LogP contribution in [0.4, 0.5) is 0 Å². The molecule has 0 aromatic heterocycles. The molecule has 1 fully saturated rings. The average Bonchev–Trinajstić information content (AvgIpc) is 2.74. The minimum absolute atomic E-state index is 0.255. The number of halogens is 2. The molecule has 0 bridgehead atoms. The van der Waals surface area contributed by atoms with Crippen LogP contribution >= 0.6 is 27.5 Å². The van der Waals surface area contributed by atoms with Crippen molar-refractivity contribution in [3.63, 3.8) is 0 Å². The van der Waals surface area contributed by atoms with Crippen molar-refractivity contribution >= 4 is 27.5 Å². The van der Waals surface area contributed by atoms with Crippen molar-refractivity contribution in [2.24, 2.45) is 0 Å². The van der Waals surface area contributed by atoms with E-state index in [1.54, 1.807) is 0 Å². The molecular weight excluding hydrogens is 293 g/mol. The van der Waals surface area contributed by atoms with Crippen LogP contribution in [0.2, 0.25) is 5.02 Å².